The van der Waals surface area contributed by atoms with Crippen LogP contribution in [0.15, 0.2) is 30.3 Å². The van der Waals surface area contributed by atoms with Crippen molar-refractivity contribution < 1.29 is 14.2 Å². The van der Waals surface area contributed by atoms with Crippen LogP contribution in [-0.4, -0.2) is 29.4 Å². The minimum Gasteiger partial charge on any atom is -0.621 e. The SMILES string of the molecule is CC1(C)[C@@H]2CC[C@@]1(C)[C@@H]1OC(CCCCOCc3ccccc3)=[N+]([O-])[C@H]21. The molecule has 0 radical (unpaired) electrons. The number of benzene rings is 1. The first-order valence-corrected chi connectivity index (χ1v) is 10.1. The summed E-state index contributed by atoms with van der Waals surface area (Å²) in [6.07, 6.45) is 5.04. The van der Waals surface area contributed by atoms with Crippen LogP contribution in [0.1, 0.15) is 58.4 Å². The minimum absolute atomic E-state index is 0.0353. The van der Waals surface area contributed by atoms with Crippen LogP contribution in [0.5, 0.6) is 0 Å². The summed E-state index contributed by atoms with van der Waals surface area (Å²) in [5, 5.41) is 12.8. The van der Waals surface area contributed by atoms with Crippen molar-refractivity contribution >= 4 is 5.90 Å². The van der Waals surface area contributed by atoms with E-state index in [1.165, 1.54) is 16.7 Å². The van der Waals surface area contributed by atoms with E-state index in [1.807, 2.05) is 18.2 Å². The number of hydrogen-bond donors (Lipinski definition) is 0. The van der Waals surface area contributed by atoms with E-state index in [4.69, 9.17) is 9.47 Å². The average Bonchev–Trinajstić information content (AvgIpc) is 3.13. The van der Waals surface area contributed by atoms with Gasteiger partial charge < -0.3 is 14.7 Å². The van der Waals surface area contributed by atoms with E-state index in [2.05, 4.69) is 32.9 Å². The maximum Gasteiger partial charge on any atom is 0.348 e. The first kappa shape index (κ1) is 17.8. The normalized spacial score (nSPS) is 34.2. The Morgan fingerprint density at radius 2 is 1.96 bits per heavy atom. The summed E-state index contributed by atoms with van der Waals surface area (Å²) in [5.41, 5.74) is 1.53. The second-order valence-electron chi connectivity index (χ2n) is 9.03. The van der Waals surface area contributed by atoms with Crippen LogP contribution in [-0.2, 0) is 16.1 Å². The van der Waals surface area contributed by atoms with Crippen molar-refractivity contribution in [2.45, 2.75) is 71.6 Å². The molecule has 1 aromatic carbocycles. The summed E-state index contributed by atoms with van der Waals surface area (Å²) in [4.78, 5) is 0. The van der Waals surface area contributed by atoms with Crippen LogP contribution in [0.4, 0.5) is 0 Å². The fourth-order valence-corrected chi connectivity index (χ4v) is 5.52. The summed E-state index contributed by atoms with van der Waals surface area (Å²) in [7, 11) is 0. The fraction of sp³-hybridized carbons (Fsp3) is 0.682. The molecule has 3 aliphatic rings. The Labute approximate surface area is 156 Å². The van der Waals surface area contributed by atoms with Gasteiger partial charge in [-0.3, -0.25) is 0 Å². The maximum absolute atomic E-state index is 12.8. The van der Waals surface area contributed by atoms with Gasteiger partial charge in [-0.25, -0.2) is 0 Å². The Morgan fingerprint density at radius 1 is 1.19 bits per heavy atom. The highest BCUT2D eigenvalue weighted by Gasteiger charge is 2.73. The summed E-state index contributed by atoms with van der Waals surface area (Å²) in [6, 6.07) is 10.3. The lowest BCUT2D eigenvalue weighted by atomic mass is 9.70. The third-order valence-electron chi connectivity index (χ3n) is 7.54. The number of unbranched alkanes of at least 4 members (excludes halogenated alkanes) is 1. The number of hydrogen-bond acceptors (Lipinski definition) is 3. The molecule has 4 rings (SSSR count). The highest BCUT2D eigenvalue weighted by molar-refractivity contribution is 5.72. The Kier molecular flexibility index (Phi) is 4.50. The summed E-state index contributed by atoms with van der Waals surface area (Å²) < 4.78 is 13.2. The largest absolute Gasteiger partial charge is 0.621 e. The Bertz CT molecular complexity index is 684. The lowest BCUT2D eigenvalue weighted by molar-refractivity contribution is -0.505. The Balaban J connectivity index is 1.25. The first-order chi connectivity index (χ1) is 12.4. The van der Waals surface area contributed by atoms with Gasteiger partial charge in [0.2, 0.25) is 6.04 Å². The Morgan fingerprint density at radius 3 is 2.69 bits per heavy atom. The molecule has 0 aromatic heterocycles. The number of hydroxylamine groups is 1. The number of rotatable bonds is 7. The second kappa shape index (κ2) is 6.56. The number of fused-ring (bicyclic) bond motifs is 5. The van der Waals surface area contributed by atoms with Crippen molar-refractivity contribution in [3.63, 3.8) is 0 Å². The van der Waals surface area contributed by atoms with Crippen molar-refractivity contribution in [2.75, 3.05) is 6.61 Å². The lowest BCUT2D eigenvalue weighted by Gasteiger charge is -2.36. The van der Waals surface area contributed by atoms with Gasteiger partial charge in [0.1, 0.15) is 0 Å². The molecule has 0 saturated heterocycles. The average molecular weight is 357 g/mol. The predicted molar refractivity (Wildman–Crippen MR) is 102 cm³/mol. The topological polar surface area (TPSA) is 44.5 Å². The summed E-state index contributed by atoms with van der Waals surface area (Å²) in [6.45, 7) is 8.35. The van der Waals surface area contributed by atoms with E-state index in [-0.39, 0.29) is 23.0 Å². The molecule has 142 valence electrons. The molecule has 0 N–H and O–H groups in total. The molecule has 4 heteroatoms. The predicted octanol–water partition coefficient (Wildman–Crippen LogP) is 4.51. The third-order valence-corrected chi connectivity index (χ3v) is 7.54. The van der Waals surface area contributed by atoms with Crippen LogP contribution in [0.25, 0.3) is 0 Å². The van der Waals surface area contributed by atoms with Crippen LogP contribution in [0.2, 0.25) is 0 Å². The number of nitrogens with zero attached hydrogens (tertiary/aromatic N) is 1. The summed E-state index contributed by atoms with van der Waals surface area (Å²) in [5.74, 6) is 1.12. The van der Waals surface area contributed by atoms with Gasteiger partial charge in [-0.05, 0) is 36.7 Å². The molecule has 4 nitrogen and oxygen atoms in total. The molecule has 0 amide bonds. The van der Waals surface area contributed by atoms with Crippen molar-refractivity contribution in [3.8, 4) is 0 Å². The standard InChI is InChI=1S/C22H31NO3/c1-21(2)17-12-13-22(21,3)20-19(17)23(24)18(26-20)11-7-8-14-25-15-16-9-5-4-6-10-16/h4-6,9-10,17,19-20H,7-8,11-15H2,1-3H3/t17-,19-,20-,22+/m1/s1. The highest BCUT2D eigenvalue weighted by atomic mass is 16.6. The first-order valence-electron chi connectivity index (χ1n) is 10.1. The molecular formula is C22H31NO3. The fourth-order valence-electron chi connectivity index (χ4n) is 5.52. The zero-order chi connectivity index (χ0) is 18.4. The van der Waals surface area contributed by atoms with E-state index in [0.717, 1.165) is 32.3 Å². The molecule has 2 bridgehead atoms. The van der Waals surface area contributed by atoms with Crippen LogP contribution < -0.4 is 0 Å². The molecule has 1 heterocycles. The van der Waals surface area contributed by atoms with E-state index in [0.29, 0.717) is 18.4 Å². The van der Waals surface area contributed by atoms with Gasteiger partial charge in [0, 0.05) is 17.9 Å². The van der Waals surface area contributed by atoms with Crippen molar-refractivity contribution in [1.29, 1.82) is 0 Å². The smallest absolute Gasteiger partial charge is 0.348 e. The van der Waals surface area contributed by atoms with Gasteiger partial charge in [0.15, 0.2) is 6.10 Å². The van der Waals surface area contributed by atoms with Crippen molar-refractivity contribution in [2.24, 2.45) is 16.7 Å². The van der Waals surface area contributed by atoms with Crippen molar-refractivity contribution in [1.82, 2.24) is 0 Å². The van der Waals surface area contributed by atoms with Crippen LogP contribution >= 0.6 is 0 Å². The van der Waals surface area contributed by atoms with Gasteiger partial charge in [0.25, 0.3) is 0 Å². The second-order valence-corrected chi connectivity index (χ2v) is 9.03. The zero-order valence-electron chi connectivity index (χ0n) is 16.2. The molecule has 2 aliphatic carbocycles. The van der Waals surface area contributed by atoms with E-state index < -0.39 is 0 Å². The van der Waals surface area contributed by atoms with Crippen LogP contribution in [0, 0.1) is 22.0 Å². The molecule has 1 aliphatic heterocycles. The molecule has 4 atom stereocenters. The molecule has 2 fully saturated rings. The van der Waals surface area contributed by atoms with Gasteiger partial charge in [-0.15, -0.1) is 0 Å². The lowest BCUT2D eigenvalue weighted by Crippen LogP contribution is -2.40. The van der Waals surface area contributed by atoms with Crippen molar-refractivity contribution in [3.05, 3.63) is 41.1 Å². The van der Waals surface area contributed by atoms with E-state index in [9.17, 15) is 5.21 Å². The van der Waals surface area contributed by atoms with Gasteiger partial charge in [-0.2, -0.15) is 4.74 Å². The Hall–Kier alpha value is -1.55. The highest BCUT2D eigenvalue weighted by Crippen LogP contribution is 2.67. The molecule has 2 saturated carbocycles. The van der Waals surface area contributed by atoms with Gasteiger partial charge in [-0.1, -0.05) is 51.1 Å². The monoisotopic (exact) mass is 357 g/mol. The van der Waals surface area contributed by atoms with Crippen LogP contribution in [0.3, 0.4) is 0 Å². The maximum atomic E-state index is 12.8. The number of ether oxygens (including phenoxy) is 2. The molecule has 1 aromatic rings. The van der Waals surface area contributed by atoms with E-state index in [1.54, 1.807) is 0 Å². The third kappa shape index (κ3) is 2.65. The van der Waals surface area contributed by atoms with Gasteiger partial charge >= 0.3 is 5.90 Å². The molecule has 26 heavy (non-hydrogen) atoms. The quantitative estimate of drug-likeness (QED) is 0.410. The van der Waals surface area contributed by atoms with E-state index >= 15 is 0 Å². The minimum atomic E-state index is 0.0353. The zero-order valence-corrected chi connectivity index (χ0v) is 16.2. The molecular weight excluding hydrogens is 326 g/mol. The van der Waals surface area contributed by atoms with Gasteiger partial charge in [0.05, 0.1) is 13.0 Å². The molecule has 0 spiro atoms. The summed E-state index contributed by atoms with van der Waals surface area (Å²) >= 11 is 0. The molecule has 0 unspecified atom stereocenters.